The van der Waals surface area contributed by atoms with Crippen LogP contribution in [0.15, 0.2) is 42.7 Å². The fraction of sp³-hybridized carbons (Fsp3) is 0.462. The first kappa shape index (κ1) is 23.9. The van der Waals surface area contributed by atoms with Gasteiger partial charge in [-0.15, -0.1) is 0 Å². The van der Waals surface area contributed by atoms with Crippen molar-refractivity contribution < 1.29 is 9.53 Å². The molecule has 0 aliphatic carbocycles. The summed E-state index contributed by atoms with van der Waals surface area (Å²) in [5.41, 5.74) is 3.30. The first-order valence-corrected chi connectivity index (χ1v) is 12.2. The van der Waals surface area contributed by atoms with Gasteiger partial charge in [0.25, 0.3) is 0 Å². The average molecular weight is 463 g/mol. The van der Waals surface area contributed by atoms with Gasteiger partial charge in [0.05, 0.1) is 16.8 Å². The van der Waals surface area contributed by atoms with Gasteiger partial charge in [-0.3, -0.25) is 4.79 Å². The lowest BCUT2D eigenvalue weighted by Crippen LogP contribution is -2.43. The molecule has 2 N–H and O–H groups in total. The average Bonchev–Trinajstić information content (AvgIpc) is 2.87. The Morgan fingerprint density at radius 2 is 2.12 bits per heavy atom. The number of piperidine rings is 1. The minimum atomic E-state index is -0.0473. The molecule has 180 valence electrons. The zero-order chi connectivity index (χ0) is 23.8. The number of anilines is 2. The van der Waals surface area contributed by atoms with Gasteiger partial charge in [-0.2, -0.15) is 0 Å². The second-order valence-electron chi connectivity index (χ2n) is 8.67. The zero-order valence-electron chi connectivity index (χ0n) is 20.1. The van der Waals surface area contributed by atoms with Gasteiger partial charge in [0.2, 0.25) is 11.9 Å². The maximum absolute atomic E-state index is 12.7. The van der Waals surface area contributed by atoms with Gasteiger partial charge in [0, 0.05) is 51.8 Å². The highest BCUT2D eigenvalue weighted by Crippen LogP contribution is 2.28. The normalized spacial score (nSPS) is 15.9. The van der Waals surface area contributed by atoms with E-state index in [2.05, 4.69) is 44.6 Å². The number of carbonyl (C=O) groups excluding carboxylic acids is 1. The summed E-state index contributed by atoms with van der Waals surface area (Å²) in [5.74, 6) is 1.50. The van der Waals surface area contributed by atoms with Gasteiger partial charge in [0.15, 0.2) is 0 Å². The molecule has 1 atom stereocenters. The molecule has 8 heteroatoms. The predicted octanol–water partition coefficient (Wildman–Crippen LogP) is 3.70. The second kappa shape index (κ2) is 11.7. The van der Waals surface area contributed by atoms with Crippen LogP contribution in [-0.2, 0) is 16.1 Å². The number of rotatable bonds is 10. The summed E-state index contributed by atoms with van der Waals surface area (Å²) in [7, 11) is 0. The van der Waals surface area contributed by atoms with Gasteiger partial charge >= 0.3 is 0 Å². The predicted molar refractivity (Wildman–Crippen MR) is 135 cm³/mol. The second-order valence-corrected chi connectivity index (χ2v) is 8.67. The van der Waals surface area contributed by atoms with Gasteiger partial charge in [-0.05, 0) is 50.3 Å². The quantitative estimate of drug-likeness (QED) is 0.444. The zero-order valence-corrected chi connectivity index (χ0v) is 20.1. The Morgan fingerprint density at radius 3 is 2.97 bits per heavy atom. The molecule has 1 saturated heterocycles. The van der Waals surface area contributed by atoms with Crippen LogP contribution >= 0.6 is 0 Å². The smallest absolute Gasteiger partial charge is 0.224 e. The van der Waals surface area contributed by atoms with Crippen molar-refractivity contribution in [1.82, 2.24) is 20.3 Å². The fourth-order valence-electron chi connectivity index (χ4n) is 4.32. The summed E-state index contributed by atoms with van der Waals surface area (Å²) in [6.45, 7) is 8.29. The Morgan fingerprint density at radius 1 is 1.24 bits per heavy atom. The van der Waals surface area contributed by atoms with Crippen molar-refractivity contribution in [3.63, 3.8) is 0 Å². The largest absolute Gasteiger partial charge is 0.382 e. The van der Waals surface area contributed by atoms with E-state index in [1.165, 1.54) is 11.1 Å². The van der Waals surface area contributed by atoms with E-state index in [9.17, 15) is 4.79 Å². The third-order valence-corrected chi connectivity index (χ3v) is 6.25. The van der Waals surface area contributed by atoms with E-state index < -0.39 is 0 Å². The molecule has 34 heavy (non-hydrogen) atoms. The molecule has 3 heterocycles. The number of benzene rings is 1. The van der Waals surface area contributed by atoms with Crippen molar-refractivity contribution in [1.29, 1.82) is 0 Å². The number of ether oxygens (including phenoxy) is 1. The van der Waals surface area contributed by atoms with E-state index >= 15 is 0 Å². The number of amides is 1. The fourth-order valence-corrected chi connectivity index (χ4v) is 4.32. The molecule has 0 saturated carbocycles. The van der Waals surface area contributed by atoms with E-state index in [1.54, 1.807) is 6.20 Å². The SMILES string of the molecule is CCOCCCNC(=O)C1CCCN(c2nccc3nc(NCc4ccccc4C)ncc23)C1. The lowest BCUT2D eigenvalue weighted by molar-refractivity contribution is -0.125. The molecular weight excluding hydrogens is 428 g/mol. The standard InChI is InChI=1S/C26H34N6O2/c1-3-34-15-7-12-28-25(33)21-10-6-14-32(18-21)24-22-17-30-26(31-23(22)11-13-27-24)29-16-20-9-5-4-8-19(20)2/h4-5,8-9,11,13,17,21H,3,6-7,10,12,14-16,18H2,1-2H3,(H,28,33)(H,29,30,31). The summed E-state index contributed by atoms with van der Waals surface area (Å²) in [6.07, 6.45) is 6.29. The van der Waals surface area contributed by atoms with Gasteiger partial charge in [-0.25, -0.2) is 15.0 Å². The van der Waals surface area contributed by atoms with Crippen LogP contribution in [0.3, 0.4) is 0 Å². The molecule has 4 rings (SSSR count). The van der Waals surface area contributed by atoms with Crippen LogP contribution in [-0.4, -0.2) is 53.7 Å². The highest BCUT2D eigenvalue weighted by atomic mass is 16.5. The molecular formula is C26H34N6O2. The van der Waals surface area contributed by atoms with E-state index in [4.69, 9.17) is 9.72 Å². The Kier molecular flexibility index (Phi) is 8.25. The Hall–Kier alpha value is -3.26. The maximum Gasteiger partial charge on any atom is 0.224 e. The molecule has 3 aromatic rings. The molecule has 1 aliphatic heterocycles. The number of aryl methyl sites for hydroxylation is 1. The summed E-state index contributed by atoms with van der Waals surface area (Å²) in [5, 5.41) is 7.29. The summed E-state index contributed by atoms with van der Waals surface area (Å²) in [4.78, 5) is 28.8. The minimum absolute atomic E-state index is 0.0473. The molecule has 1 aliphatic rings. The monoisotopic (exact) mass is 462 g/mol. The molecule has 8 nitrogen and oxygen atoms in total. The van der Waals surface area contributed by atoms with Crippen LogP contribution in [0.2, 0.25) is 0 Å². The van der Waals surface area contributed by atoms with Crippen molar-refractivity contribution in [3.05, 3.63) is 53.9 Å². The number of aromatic nitrogens is 3. The number of hydrogen-bond donors (Lipinski definition) is 2. The molecule has 0 spiro atoms. The summed E-state index contributed by atoms with van der Waals surface area (Å²) < 4.78 is 5.34. The number of carbonyl (C=O) groups is 1. The van der Waals surface area contributed by atoms with E-state index in [-0.39, 0.29) is 11.8 Å². The van der Waals surface area contributed by atoms with E-state index in [1.807, 2.05) is 31.3 Å². The van der Waals surface area contributed by atoms with Crippen molar-refractivity contribution >= 4 is 28.6 Å². The number of nitrogens with one attached hydrogen (secondary N) is 2. The van der Waals surface area contributed by atoms with Crippen LogP contribution in [0.1, 0.15) is 37.3 Å². The minimum Gasteiger partial charge on any atom is -0.382 e. The molecule has 0 radical (unpaired) electrons. The van der Waals surface area contributed by atoms with Crippen molar-refractivity contribution in [2.24, 2.45) is 5.92 Å². The Balaban J connectivity index is 1.41. The third kappa shape index (κ3) is 5.99. The molecule has 1 aromatic carbocycles. The summed E-state index contributed by atoms with van der Waals surface area (Å²) in [6, 6.07) is 10.2. The lowest BCUT2D eigenvalue weighted by Gasteiger charge is -2.33. The van der Waals surface area contributed by atoms with Gasteiger partial charge in [-0.1, -0.05) is 24.3 Å². The van der Waals surface area contributed by atoms with Crippen molar-refractivity contribution in [2.75, 3.05) is 43.1 Å². The topological polar surface area (TPSA) is 92.3 Å². The van der Waals surface area contributed by atoms with Crippen LogP contribution < -0.4 is 15.5 Å². The molecule has 1 amide bonds. The highest BCUT2D eigenvalue weighted by Gasteiger charge is 2.27. The van der Waals surface area contributed by atoms with E-state index in [0.717, 1.165) is 42.5 Å². The van der Waals surface area contributed by atoms with Gasteiger partial charge in [0.1, 0.15) is 5.82 Å². The van der Waals surface area contributed by atoms with Gasteiger partial charge < -0.3 is 20.3 Å². The van der Waals surface area contributed by atoms with E-state index in [0.29, 0.717) is 38.8 Å². The lowest BCUT2D eigenvalue weighted by atomic mass is 9.97. The number of nitrogens with zero attached hydrogens (tertiary/aromatic N) is 4. The number of fused-ring (bicyclic) bond motifs is 1. The molecule has 1 unspecified atom stereocenters. The number of hydrogen-bond acceptors (Lipinski definition) is 7. The van der Waals surface area contributed by atoms with Crippen molar-refractivity contribution in [3.8, 4) is 0 Å². The highest BCUT2D eigenvalue weighted by molar-refractivity contribution is 5.90. The van der Waals surface area contributed by atoms with Crippen LogP contribution in [0, 0.1) is 12.8 Å². The molecule has 0 bridgehead atoms. The first-order chi connectivity index (χ1) is 16.7. The van der Waals surface area contributed by atoms with Crippen molar-refractivity contribution in [2.45, 2.75) is 39.7 Å². The first-order valence-electron chi connectivity index (χ1n) is 12.2. The summed E-state index contributed by atoms with van der Waals surface area (Å²) >= 11 is 0. The molecule has 2 aromatic heterocycles. The maximum atomic E-state index is 12.7. The molecule has 1 fully saturated rings. The Bertz CT molecular complexity index is 1110. The Labute approximate surface area is 201 Å². The number of pyridine rings is 1. The van der Waals surface area contributed by atoms with Crippen LogP contribution in [0.5, 0.6) is 0 Å². The van der Waals surface area contributed by atoms with Crippen LogP contribution in [0.4, 0.5) is 11.8 Å². The third-order valence-electron chi connectivity index (χ3n) is 6.25. The van der Waals surface area contributed by atoms with Crippen LogP contribution in [0.25, 0.3) is 10.9 Å².